The van der Waals surface area contributed by atoms with Crippen LogP contribution >= 0.6 is 27.7 Å². The highest BCUT2D eigenvalue weighted by Crippen LogP contribution is 2.31. The molecule has 0 aliphatic heterocycles. The summed E-state index contributed by atoms with van der Waals surface area (Å²) in [5.74, 6) is -0.352. The predicted octanol–water partition coefficient (Wildman–Crippen LogP) is 2.36. The van der Waals surface area contributed by atoms with E-state index in [9.17, 15) is 9.59 Å². The number of rotatable bonds is 4. The van der Waals surface area contributed by atoms with Crippen LogP contribution in [0.4, 0.5) is 10.5 Å². The minimum Gasteiger partial charge on any atom is -0.398 e. The van der Waals surface area contributed by atoms with Gasteiger partial charge in [0.15, 0.2) is 0 Å². The molecular formula is C12H16BrN3O2S. The van der Waals surface area contributed by atoms with Gasteiger partial charge in [-0.3, -0.25) is 10.1 Å². The molecule has 7 heteroatoms. The van der Waals surface area contributed by atoms with Crippen molar-refractivity contribution in [2.45, 2.75) is 24.0 Å². The molecule has 104 valence electrons. The van der Waals surface area contributed by atoms with Crippen LogP contribution in [-0.2, 0) is 4.79 Å². The number of nitrogens with one attached hydrogen (secondary N) is 2. The molecule has 1 aromatic carbocycles. The average molecular weight is 346 g/mol. The van der Waals surface area contributed by atoms with Gasteiger partial charge in [0.25, 0.3) is 0 Å². The van der Waals surface area contributed by atoms with Gasteiger partial charge in [0.05, 0.1) is 5.25 Å². The van der Waals surface area contributed by atoms with Crippen LogP contribution in [0.2, 0.25) is 0 Å². The van der Waals surface area contributed by atoms with Gasteiger partial charge in [0.1, 0.15) is 0 Å². The van der Waals surface area contributed by atoms with Crippen molar-refractivity contribution >= 4 is 45.3 Å². The molecule has 0 aliphatic rings. The van der Waals surface area contributed by atoms with E-state index in [4.69, 9.17) is 5.73 Å². The van der Waals surface area contributed by atoms with E-state index in [-0.39, 0.29) is 5.91 Å². The lowest BCUT2D eigenvalue weighted by Gasteiger charge is -2.13. The fourth-order valence-electron chi connectivity index (χ4n) is 1.27. The lowest BCUT2D eigenvalue weighted by molar-refractivity contribution is -0.119. The molecule has 19 heavy (non-hydrogen) atoms. The van der Waals surface area contributed by atoms with Gasteiger partial charge in [-0.25, -0.2) is 4.79 Å². The third kappa shape index (κ3) is 5.12. The number of nitrogen functional groups attached to an aromatic ring is 1. The van der Waals surface area contributed by atoms with Crippen LogP contribution in [0.1, 0.15) is 13.8 Å². The number of amides is 3. The molecule has 4 N–H and O–H groups in total. The summed E-state index contributed by atoms with van der Waals surface area (Å²) in [6.45, 7) is 3.98. The van der Waals surface area contributed by atoms with Gasteiger partial charge in [0.2, 0.25) is 5.91 Å². The number of benzene rings is 1. The van der Waals surface area contributed by atoms with Crippen molar-refractivity contribution in [2.24, 2.45) is 0 Å². The second kappa shape index (κ2) is 7.40. The monoisotopic (exact) mass is 345 g/mol. The first-order chi connectivity index (χ1) is 8.93. The minimum atomic E-state index is -0.484. The maximum Gasteiger partial charge on any atom is 0.321 e. The molecule has 0 heterocycles. The lowest BCUT2D eigenvalue weighted by atomic mass is 10.3. The fourth-order valence-corrected chi connectivity index (χ4v) is 2.73. The molecule has 0 aliphatic carbocycles. The third-order valence-corrected chi connectivity index (χ3v) is 3.89. The van der Waals surface area contributed by atoms with Gasteiger partial charge < -0.3 is 11.1 Å². The highest BCUT2D eigenvalue weighted by atomic mass is 79.9. The Kier molecular flexibility index (Phi) is 6.17. The number of hydrogen-bond acceptors (Lipinski definition) is 4. The van der Waals surface area contributed by atoms with E-state index in [2.05, 4.69) is 26.6 Å². The number of carbonyl (C=O) groups excluding carboxylic acids is 2. The van der Waals surface area contributed by atoms with Gasteiger partial charge >= 0.3 is 6.03 Å². The Morgan fingerprint density at radius 3 is 2.79 bits per heavy atom. The van der Waals surface area contributed by atoms with Crippen LogP contribution < -0.4 is 16.4 Å². The smallest absolute Gasteiger partial charge is 0.321 e. The van der Waals surface area contributed by atoms with Crippen molar-refractivity contribution in [1.29, 1.82) is 0 Å². The second-order valence-electron chi connectivity index (χ2n) is 3.79. The lowest BCUT2D eigenvalue weighted by Crippen LogP contribution is -2.42. The second-order valence-corrected chi connectivity index (χ2v) is 6.09. The molecule has 0 aromatic heterocycles. The number of nitrogens with two attached hydrogens (primary N) is 1. The topological polar surface area (TPSA) is 84.2 Å². The van der Waals surface area contributed by atoms with Crippen molar-refractivity contribution in [2.75, 3.05) is 12.3 Å². The van der Waals surface area contributed by atoms with E-state index in [1.54, 1.807) is 19.9 Å². The summed E-state index contributed by atoms with van der Waals surface area (Å²) in [5, 5.41) is 4.36. The zero-order valence-electron chi connectivity index (χ0n) is 10.7. The highest BCUT2D eigenvalue weighted by Gasteiger charge is 2.17. The van der Waals surface area contributed by atoms with E-state index in [0.29, 0.717) is 12.2 Å². The maximum absolute atomic E-state index is 11.8. The fraction of sp³-hybridized carbons (Fsp3) is 0.333. The Labute approximate surface area is 124 Å². The van der Waals surface area contributed by atoms with Crippen LogP contribution in [0, 0.1) is 0 Å². The molecule has 5 nitrogen and oxygen atoms in total. The predicted molar refractivity (Wildman–Crippen MR) is 81.1 cm³/mol. The molecular weight excluding hydrogens is 330 g/mol. The van der Waals surface area contributed by atoms with Crippen LogP contribution in [0.15, 0.2) is 27.6 Å². The third-order valence-electron chi connectivity index (χ3n) is 2.22. The quantitative estimate of drug-likeness (QED) is 0.577. The molecule has 0 spiro atoms. The largest absolute Gasteiger partial charge is 0.398 e. The van der Waals surface area contributed by atoms with E-state index < -0.39 is 11.3 Å². The number of hydrogen-bond donors (Lipinski definition) is 3. The molecule has 0 radical (unpaired) electrons. The molecule has 0 saturated carbocycles. The first-order valence-electron chi connectivity index (χ1n) is 5.74. The van der Waals surface area contributed by atoms with Gasteiger partial charge in [-0.2, -0.15) is 0 Å². The summed E-state index contributed by atoms with van der Waals surface area (Å²) in [6.07, 6.45) is 0. The van der Waals surface area contributed by atoms with Crippen LogP contribution in [0.5, 0.6) is 0 Å². The van der Waals surface area contributed by atoms with E-state index in [1.807, 2.05) is 12.1 Å². The van der Waals surface area contributed by atoms with Crippen molar-refractivity contribution < 1.29 is 9.59 Å². The minimum absolute atomic E-state index is 0.352. The summed E-state index contributed by atoms with van der Waals surface area (Å²) in [7, 11) is 0. The molecule has 0 saturated heterocycles. The Balaban J connectivity index is 2.63. The number of imide groups is 1. The Bertz CT molecular complexity index is 482. The first-order valence-corrected chi connectivity index (χ1v) is 7.41. The zero-order chi connectivity index (χ0) is 14.4. The molecule has 1 aromatic rings. The zero-order valence-corrected chi connectivity index (χ0v) is 13.1. The standard InChI is InChI=1S/C12H16BrN3O2S/c1-3-15-12(18)16-11(17)7(2)19-10-6-8(13)4-5-9(10)14/h4-7H,3,14H2,1-2H3,(H2,15,16,17,18). The number of thioether (sulfide) groups is 1. The van der Waals surface area contributed by atoms with Crippen molar-refractivity contribution in [3.05, 3.63) is 22.7 Å². The van der Waals surface area contributed by atoms with Gasteiger partial charge in [0, 0.05) is 21.6 Å². The van der Waals surface area contributed by atoms with Gasteiger partial charge in [-0.1, -0.05) is 15.9 Å². The number of carbonyl (C=O) groups is 2. The van der Waals surface area contributed by atoms with Crippen LogP contribution in [-0.4, -0.2) is 23.7 Å². The molecule has 1 rings (SSSR count). The highest BCUT2D eigenvalue weighted by molar-refractivity contribution is 9.10. The summed E-state index contributed by atoms with van der Waals surface area (Å²) in [4.78, 5) is 23.8. The Hall–Kier alpha value is -1.21. The first kappa shape index (κ1) is 15.8. The van der Waals surface area contributed by atoms with Gasteiger partial charge in [-0.05, 0) is 32.0 Å². The van der Waals surface area contributed by atoms with Crippen LogP contribution in [0.25, 0.3) is 0 Å². The van der Waals surface area contributed by atoms with E-state index in [1.165, 1.54) is 11.8 Å². The average Bonchev–Trinajstić information content (AvgIpc) is 2.34. The molecule has 1 unspecified atom stereocenters. The van der Waals surface area contributed by atoms with Crippen LogP contribution in [0.3, 0.4) is 0 Å². The molecule has 3 amide bonds. The Morgan fingerprint density at radius 2 is 2.16 bits per heavy atom. The van der Waals surface area contributed by atoms with Gasteiger partial charge in [-0.15, -0.1) is 11.8 Å². The molecule has 0 fully saturated rings. The van der Waals surface area contributed by atoms with E-state index in [0.717, 1.165) is 9.37 Å². The van der Waals surface area contributed by atoms with Crippen molar-refractivity contribution in [3.63, 3.8) is 0 Å². The van der Waals surface area contributed by atoms with Crippen molar-refractivity contribution in [1.82, 2.24) is 10.6 Å². The summed E-state index contributed by atoms with van der Waals surface area (Å²) in [5.41, 5.74) is 6.44. The number of urea groups is 1. The van der Waals surface area contributed by atoms with Crippen molar-refractivity contribution in [3.8, 4) is 0 Å². The number of anilines is 1. The summed E-state index contributed by atoms with van der Waals surface area (Å²) >= 11 is 4.66. The number of halogens is 1. The normalized spacial score (nSPS) is 11.7. The molecule has 0 bridgehead atoms. The molecule has 1 atom stereocenters. The Morgan fingerprint density at radius 1 is 1.47 bits per heavy atom. The maximum atomic E-state index is 11.8. The summed E-state index contributed by atoms with van der Waals surface area (Å²) < 4.78 is 0.889. The summed E-state index contributed by atoms with van der Waals surface area (Å²) in [6, 6.07) is 4.96. The van der Waals surface area contributed by atoms with E-state index >= 15 is 0 Å². The SMILES string of the molecule is CCNC(=O)NC(=O)C(C)Sc1cc(Br)ccc1N.